The van der Waals surface area contributed by atoms with Gasteiger partial charge in [-0.3, -0.25) is 5.73 Å². The summed E-state index contributed by atoms with van der Waals surface area (Å²) < 4.78 is 0. The molecule has 0 aliphatic heterocycles. The van der Waals surface area contributed by atoms with Crippen LogP contribution in [0.3, 0.4) is 0 Å². The van der Waals surface area contributed by atoms with Gasteiger partial charge in [0.2, 0.25) is 0 Å². The maximum absolute atomic E-state index is 8.44. The highest BCUT2D eigenvalue weighted by Crippen LogP contribution is 2.01. The molecule has 0 rings (SSSR count). The third-order valence-electron chi connectivity index (χ3n) is 1.27. The van der Waals surface area contributed by atoms with Gasteiger partial charge in [-0.25, -0.2) is 5.73 Å². The Kier molecular flexibility index (Phi) is 4.55. The largest absolute Gasteiger partial charge is 0.367 e. The van der Waals surface area contributed by atoms with Crippen LogP contribution in [-0.4, -0.2) is 28.6 Å². The van der Waals surface area contributed by atoms with Crippen LogP contribution in [0.25, 0.3) is 0 Å². The van der Waals surface area contributed by atoms with Crippen molar-refractivity contribution in [2.24, 2.45) is 0 Å². The molecule has 0 saturated carbocycles. The molecule has 4 heteroatoms. The maximum atomic E-state index is 8.44. The molecule has 2 radical (unpaired) electrons. The second-order valence-corrected chi connectivity index (χ2v) is 2.50. The zero-order valence-corrected chi connectivity index (χ0v) is 6.04. The summed E-state index contributed by atoms with van der Waals surface area (Å²) in [4.78, 5) is 0. The van der Waals surface area contributed by atoms with Gasteiger partial charge in [-0.05, 0) is 19.8 Å². The monoisotopic (exact) mass is 146 g/mol. The molecule has 0 spiro atoms. The van der Waals surface area contributed by atoms with E-state index in [0.717, 1.165) is 0 Å². The molecule has 2 unspecified atom stereocenters. The lowest BCUT2D eigenvalue weighted by Gasteiger charge is -2.12. The Bertz CT molecular complexity index is 85.8. The lowest BCUT2D eigenvalue weighted by atomic mass is 10.1. The van der Waals surface area contributed by atoms with Crippen molar-refractivity contribution in [3.8, 4) is 0 Å². The summed E-state index contributed by atoms with van der Waals surface area (Å²) in [7, 11) is 0. The highest BCUT2D eigenvalue weighted by molar-refractivity contribution is 4.64. The fraction of sp³-hybridized carbons (Fsp3) is 1.00. The molecular formula is C6H14N2O2. The van der Waals surface area contributed by atoms with Crippen LogP contribution in [0, 0.1) is 0 Å². The van der Waals surface area contributed by atoms with E-state index in [0.29, 0.717) is 12.8 Å². The van der Waals surface area contributed by atoms with Gasteiger partial charge in [0.15, 0.2) is 6.29 Å². The molecule has 10 heavy (non-hydrogen) atoms. The normalized spacial score (nSPS) is 17.4. The van der Waals surface area contributed by atoms with Gasteiger partial charge in [0.1, 0.15) is 0 Å². The molecule has 0 heterocycles. The number of nitrogens with one attached hydrogen (secondary N) is 2. The first-order valence-electron chi connectivity index (χ1n) is 3.32. The number of hydrogen-bond donors (Lipinski definition) is 2. The third kappa shape index (κ3) is 4.69. The van der Waals surface area contributed by atoms with Crippen molar-refractivity contribution in [3.05, 3.63) is 0 Å². The second kappa shape index (κ2) is 4.62. The van der Waals surface area contributed by atoms with Gasteiger partial charge in [-0.15, -0.1) is 0 Å². The average Bonchev–Trinajstić information content (AvgIpc) is 1.82. The molecule has 0 aromatic heterocycles. The Hall–Kier alpha value is -0.160. The van der Waals surface area contributed by atoms with Crippen molar-refractivity contribution in [1.82, 2.24) is 11.5 Å². The van der Waals surface area contributed by atoms with E-state index in [2.05, 4.69) is 0 Å². The van der Waals surface area contributed by atoms with Crippen molar-refractivity contribution >= 4 is 0 Å². The first kappa shape index (κ1) is 9.84. The number of hydrogen-bond acceptors (Lipinski definition) is 2. The van der Waals surface area contributed by atoms with Gasteiger partial charge in [-0.2, -0.15) is 0 Å². The Labute approximate surface area is 60.8 Å². The van der Waals surface area contributed by atoms with E-state index in [4.69, 9.17) is 21.7 Å². The minimum absolute atomic E-state index is 0.216. The Morgan fingerprint density at radius 2 is 1.70 bits per heavy atom. The Balaban J connectivity index is 3.30. The van der Waals surface area contributed by atoms with Crippen molar-refractivity contribution in [1.29, 1.82) is 0 Å². The summed E-state index contributed by atoms with van der Waals surface area (Å²) in [5.74, 6) is 0. The topological polar surface area (TPSA) is 88.1 Å². The van der Waals surface area contributed by atoms with Crippen LogP contribution in [0.5, 0.6) is 0 Å². The quantitative estimate of drug-likeness (QED) is 0.519. The fourth-order valence-corrected chi connectivity index (χ4v) is 0.579. The highest BCUT2D eigenvalue weighted by Gasteiger charge is 2.11. The molecule has 0 aromatic rings. The summed E-state index contributed by atoms with van der Waals surface area (Å²) in [5, 5.41) is 16.9. The summed E-state index contributed by atoms with van der Waals surface area (Å²) in [6, 6.07) is -1.07. The van der Waals surface area contributed by atoms with Crippen LogP contribution in [0.2, 0.25) is 0 Å². The van der Waals surface area contributed by atoms with Gasteiger partial charge in [0.05, 0.1) is 6.04 Å². The van der Waals surface area contributed by atoms with Crippen molar-refractivity contribution < 1.29 is 10.2 Å². The van der Waals surface area contributed by atoms with E-state index in [9.17, 15) is 0 Å². The molecule has 0 aromatic carbocycles. The van der Waals surface area contributed by atoms with Gasteiger partial charge in [0, 0.05) is 6.04 Å². The molecule has 60 valence electrons. The number of aliphatic hydroxyl groups excluding tert-OH is 1. The zero-order chi connectivity index (χ0) is 8.15. The molecule has 0 saturated heterocycles. The van der Waals surface area contributed by atoms with Crippen molar-refractivity contribution in [3.63, 3.8) is 0 Å². The van der Waals surface area contributed by atoms with Crippen LogP contribution in [-0.2, 0) is 0 Å². The molecular weight excluding hydrogens is 132 g/mol. The average molecular weight is 146 g/mol. The van der Waals surface area contributed by atoms with Gasteiger partial charge in [0.25, 0.3) is 0 Å². The van der Waals surface area contributed by atoms with Crippen LogP contribution < -0.4 is 11.5 Å². The Morgan fingerprint density at radius 1 is 1.20 bits per heavy atom. The zero-order valence-electron chi connectivity index (χ0n) is 6.04. The smallest absolute Gasteiger partial charge is 0.168 e. The standard InChI is InChI=1S/C6H14N2O2/c1-4(7)2-3-5(8)6(9)10/h4-10H,2-3H2,1H3. The minimum Gasteiger partial charge on any atom is -0.367 e. The Morgan fingerprint density at radius 3 is 2.00 bits per heavy atom. The molecule has 4 N–H and O–H groups in total. The van der Waals surface area contributed by atoms with E-state index in [-0.39, 0.29) is 6.04 Å². The predicted octanol–water partition coefficient (Wildman–Crippen LogP) is -0.600. The molecule has 0 amide bonds. The molecule has 2 atom stereocenters. The lowest BCUT2D eigenvalue weighted by Crippen LogP contribution is -2.27. The van der Waals surface area contributed by atoms with Crippen molar-refractivity contribution in [2.75, 3.05) is 0 Å². The summed E-state index contributed by atoms with van der Waals surface area (Å²) in [6.45, 7) is 1.72. The molecule has 0 bridgehead atoms. The summed E-state index contributed by atoms with van der Waals surface area (Å²) in [6.07, 6.45) is -0.632. The predicted molar refractivity (Wildman–Crippen MR) is 36.9 cm³/mol. The summed E-state index contributed by atoms with van der Waals surface area (Å²) >= 11 is 0. The van der Waals surface area contributed by atoms with Crippen LogP contribution >= 0.6 is 0 Å². The second-order valence-electron chi connectivity index (χ2n) is 2.50. The number of aliphatic hydroxyl groups is 2. The van der Waals surface area contributed by atoms with Gasteiger partial charge in [-0.1, -0.05) is 0 Å². The van der Waals surface area contributed by atoms with Crippen LogP contribution in [0.1, 0.15) is 19.8 Å². The van der Waals surface area contributed by atoms with E-state index < -0.39 is 12.3 Å². The van der Waals surface area contributed by atoms with E-state index in [1.54, 1.807) is 6.92 Å². The molecule has 4 nitrogen and oxygen atoms in total. The van der Waals surface area contributed by atoms with Gasteiger partial charge >= 0.3 is 0 Å². The fourth-order valence-electron chi connectivity index (χ4n) is 0.579. The van der Waals surface area contributed by atoms with Gasteiger partial charge < -0.3 is 10.2 Å². The molecule has 0 aliphatic rings. The minimum atomic E-state index is -1.56. The first-order valence-corrected chi connectivity index (χ1v) is 3.32. The van der Waals surface area contributed by atoms with Crippen molar-refractivity contribution in [2.45, 2.75) is 38.1 Å². The van der Waals surface area contributed by atoms with E-state index in [1.807, 2.05) is 0 Å². The molecule has 0 aliphatic carbocycles. The number of rotatable bonds is 4. The van der Waals surface area contributed by atoms with E-state index in [1.165, 1.54) is 0 Å². The maximum Gasteiger partial charge on any atom is 0.168 e. The van der Waals surface area contributed by atoms with Crippen LogP contribution in [0.4, 0.5) is 0 Å². The first-order chi connectivity index (χ1) is 4.54. The molecule has 0 fully saturated rings. The SMILES string of the molecule is CC([NH])CCC([NH])C(O)O. The van der Waals surface area contributed by atoms with Crippen LogP contribution in [0.15, 0.2) is 0 Å². The third-order valence-corrected chi connectivity index (χ3v) is 1.27. The van der Waals surface area contributed by atoms with E-state index >= 15 is 0 Å². The summed E-state index contributed by atoms with van der Waals surface area (Å²) in [5.41, 5.74) is 14.1. The lowest BCUT2D eigenvalue weighted by molar-refractivity contribution is -0.0618. The highest BCUT2D eigenvalue weighted by atomic mass is 16.5.